The van der Waals surface area contributed by atoms with Crippen LogP contribution < -0.4 is 0 Å². The summed E-state index contributed by atoms with van der Waals surface area (Å²) in [6.45, 7) is 1.92. The molecule has 0 saturated carbocycles. The first kappa shape index (κ1) is 6.72. The van der Waals surface area contributed by atoms with Gasteiger partial charge in [0, 0.05) is 5.39 Å². The quantitative estimate of drug-likeness (QED) is 0.719. The van der Waals surface area contributed by atoms with E-state index in [1.807, 2.05) is 13.0 Å². The maximum Gasteiger partial charge on any atom is 0.178 e. The highest BCUT2D eigenvalue weighted by Gasteiger charge is 2.02. The molecule has 0 fully saturated rings. The molecule has 2 aromatic heterocycles. The first-order valence-electron chi connectivity index (χ1n) is 3.11. The van der Waals surface area contributed by atoms with Crippen molar-refractivity contribution in [3.05, 3.63) is 16.4 Å². The Balaban J connectivity index is 2.87. The molecule has 56 valence electrons. The predicted octanol–water partition coefficient (Wildman–Crippen LogP) is 1.42. The van der Waals surface area contributed by atoms with E-state index >= 15 is 0 Å². The molecule has 0 saturated heterocycles. The van der Waals surface area contributed by atoms with E-state index in [4.69, 9.17) is 0 Å². The molecule has 11 heavy (non-hydrogen) atoms. The lowest BCUT2D eigenvalue weighted by Crippen LogP contribution is -1.82. The SMILES string of the molecule is Cc1n[nH]c2nnc(Br)cc12. The number of aromatic nitrogens is 4. The smallest absolute Gasteiger partial charge is 0.178 e. The highest BCUT2D eigenvalue weighted by Crippen LogP contribution is 2.15. The number of rotatable bonds is 0. The number of nitrogens with one attached hydrogen (secondary N) is 1. The van der Waals surface area contributed by atoms with E-state index in [9.17, 15) is 0 Å². The summed E-state index contributed by atoms with van der Waals surface area (Å²) in [5.74, 6) is 0. The fourth-order valence-electron chi connectivity index (χ4n) is 0.923. The number of aromatic amines is 1. The molecular weight excluding hydrogens is 208 g/mol. The Bertz CT molecular complexity index is 394. The molecule has 0 aliphatic heterocycles. The van der Waals surface area contributed by atoms with Crippen molar-refractivity contribution in [2.75, 3.05) is 0 Å². The van der Waals surface area contributed by atoms with Crippen LogP contribution in [0.2, 0.25) is 0 Å². The van der Waals surface area contributed by atoms with Crippen LogP contribution in [0.1, 0.15) is 5.69 Å². The zero-order valence-electron chi connectivity index (χ0n) is 5.80. The van der Waals surface area contributed by atoms with Gasteiger partial charge < -0.3 is 0 Å². The summed E-state index contributed by atoms with van der Waals surface area (Å²) in [5.41, 5.74) is 1.67. The van der Waals surface area contributed by atoms with Crippen LogP contribution in [0, 0.1) is 6.92 Å². The number of hydrogen-bond donors (Lipinski definition) is 1. The monoisotopic (exact) mass is 212 g/mol. The summed E-state index contributed by atoms with van der Waals surface area (Å²) >= 11 is 3.24. The maximum absolute atomic E-state index is 3.99. The van der Waals surface area contributed by atoms with Crippen LogP contribution in [0.4, 0.5) is 0 Å². The average Bonchev–Trinajstić information content (AvgIpc) is 2.33. The van der Waals surface area contributed by atoms with Gasteiger partial charge >= 0.3 is 0 Å². The second kappa shape index (κ2) is 2.27. The third-order valence-corrected chi connectivity index (χ3v) is 1.87. The van der Waals surface area contributed by atoms with Crippen molar-refractivity contribution in [3.63, 3.8) is 0 Å². The van der Waals surface area contributed by atoms with Crippen LogP contribution in [-0.4, -0.2) is 20.4 Å². The summed E-state index contributed by atoms with van der Waals surface area (Å²) in [5, 5.41) is 15.5. The molecule has 0 aliphatic carbocycles. The number of H-pyrrole nitrogens is 1. The molecule has 2 aromatic rings. The third kappa shape index (κ3) is 1.01. The molecule has 4 nitrogen and oxygen atoms in total. The van der Waals surface area contributed by atoms with E-state index in [2.05, 4.69) is 36.3 Å². The number of fused-ring (bicyclic) bond motifs is 1. The van der Waals surface area contributed by atoms with Gasteiger partial charge in [-0.15, -0.1) is 10.2 Å². The summed E-state index contributed by atoms with van der Waals surface area (Å²) < 4.78 is 0.731. The lowest BCUT2D eigenvalue weighted by atomic mass is 10.3. The molecule has 0 aromatic carbocycles. The Morgan fingerprint density at radius 2 is 2.27 bits per heavy atom. The predicted molar refractivity (Wildman–Crippen MR) is 44.1 cm³/mol. The number of aryl methyl sites for hydroxylation is 1. The summed E-state index contributed by atoms with van der Waals surface area (Å²) in [4.78, 5) is 0. The van der Waals surface area contributed by atoms with E-state index in [1.54, 1.807) is 0 Å². The third-order valence-electron chi connectivity index (χ3n) is 1.48. The molecule has 2 rings (SSSR count). The zero-order chi connectivity index (χ0) is 7.84. The lowest BCUT2D eigenvalue weighted by Gasteiger charge is -1.87. The number of nitrogens with zero attached hydrogens (tertiary/aromatic N) is 3. The zero-order valence-corrected chi connectivity index (χ0v) is 7.38. The minimum absolute atomic E-state index is 0.728. The molecular formula is C6H5BrN4. The molecule has 1 N–H and O–H groups in total. The molecule has 0 spiro atoms. The minimum atomic E-state index is 0.728. The van der Waals surface area contributed by atoms with E-state index < -0.39 is 0 Å². The normalized spacial score (nSPS) is 10.7. The molecule has 5 heteroatoms. The van der Waals surface area contributed by atoms with Crippen LogP contribution in [-0.2, 0) is 0 Å². The summed E-state index contributed by atoms with van der Waals surface area (Å²) in [6.07, 6.45) is 0. The van der Waals surface area contributed by atoms with Gasteiger partial charge in [0.2, 0.25) is 0 Å². The molecule has 0 atom stereocenters. The van der Waals surface area contributed by atoms with Gasteiger partial charge in [-0.2, -0.15) is 5.10 Å². The van der Waals surface area contributed by atoms with Crippen molar-refractivity contribution in [3.8, 4) is 0 Å². The van der Waals surface area contributed by atoms with Gasteiger partial charge in [0.05, 0.1) is 5.69 Å². The van der Waals surface area contributed by atoms with Crippen LogP contribution in [0.3, 0.4) is 0 Å². The van der Waals surface area contributed by atoms with Crippen molar-refractivity contribution >= 4 is 27.0 Å². The summed E-state index contributed by atoms with van der Waals surface area (Å²) in [6, 6.07) is 1.89. The summed E-state index contributed by atoms with van der Waals surface area (Å²) in [7, 11) is 0. The maximum atomic E-state index is 3.99. The van der Waals surface area contributed by atoms with E-state index in [0.29, 0.717) is 0 Å². The topological polar surface area (TPSA) is 54.5 Å². The first-order valence-corrected chi connectivity index (χ1v) is 3.90. The van der Waals surface area contributed by atoms with Gasteiger partial charge in [-0.3, -0.25) is 5.10 Å². The molecule has 0 unspecified atom stereocenters. The van der Waals surface area contributed by atoms with E-state index in [0.717, 1.165) is 21.3 Å². The molecule has 0 aliphatic rings. The van der Waals surface area contributed by atoms with Crippen LogP contribution in [0.5, 0.6) is 0 Å². The fourth-order valence-corrected chi connectivity index (χ4v) is 1.23. The van der Waals surface area contributed by atoms with Crippen molar-refractivity contribution in [1.82, 2.24) is 20.4 Å². The first-order chi connectivity index (χ1) is 5.27. The lowest BCUT2D eigenvalue weighted by molar-refractivity contribution is 0.998. The van der Waals surface area contributed by atoms with Crippen molar-refractivity contribution < 1.29 is 0 Å². The van der Waals surface area contributed by atoms with Gasteiger partial charge in [-0.1, -0.05) is 0 Å². The van der Waals surface area contributed by atoms with Gasteiger partial charge in [0.25, 0.3) is 0 Å². The second-order valence-corrected chi connectivity index (χ2v) is 3.05. The fraction of sp³-hybridized carbons (Fsp3) is 0.167. The van der Waals surface area contributed by atoms with Gasteiger partial charge in [-0.25, -0.2) is 0 Å². The number of hydrogen-bond acceptors (Lipinski definition) is 3. The Labute approximate surface area is 71.2 Å². The van der Waals surface area contributed by atoms with Gasteiger partial charge in [-0.05, 0) is 28.9 Å². The Morgan fingerprint density at radius 1 is 1.45 bits per heavy atom. The Kier molecular flexibility index (Phi) is 1.38. The Hall–Kier alpha value is -0.970. The van der Waals surface area contributed by atoms with Crippen molar-refractivity contribution in [1.29, 1.82) is 0 Å². The molecule has 2 heterocycles. The van der Waals surface area contributed by atoms with Crippen LogP contribution in [0.25, 0.3) is 11.0 Å². The van der Waals surface area contributed by atoms with Gasteiger partial charge in [0.1, 0.15) is 4.60 Å². The molecule has 0 bridgehead atoms. The molecule has 0 radical (unpaired) electrons. The second-order valence-electron chi connectivity index (χ2n) is 2.24. The van der Waals surface area contributed by atoms with Gasteiger partial charge in [0.15, 0.2) is 5.65 Å². The van der Waals surface area contributed by atoms with Crippen molar-refractivity contribution in [2.45, 2.75) is 6.92 Å². The van der Waals surface area contributed by atoms with E-state index in [-0.39, 0.29) is 0 Å². The van der Waals surface area contributed by atoms with Crippen molar-refractivity contribution in [2.24, 2.45) is 0 Å². The highest BCUT2D eigenvalue weighted by atomic mass is 79.9. The number of halogens is 1. The highest BCUT2D eigenvalue weighted by molar-refractivity contribution is 9.10. The molecule has 0 amide bonds. The Morgan fingerprint density at radius 3 is 3.09 bits per heavy atom. The van der Waals surface area contributed by atoms with E-state index in [1.165, 1.54) is 0 Å². The van der Waals surface area contributed by atoms with Crippen LogP contribution >= 0.6 is 15.9 Å². The largest absolute Gasteiger partial charge is 0.259 e. The van der Waals surface area contributed by atoms with Crippen LogP contribution in [0.15, 0.2) is 10.7 Å². The standard InChI is InChI=1S/C6H5BrN4/c1-3-4-2-5(7)9-11-6(4)10-8-3/h2H,1H3,(H,8,10,11). The average molecular weight is 213 g/mol. The minimum Gasteiger partial charge on any atom is -0.259 e.